The lowest BCUT2D eigenvalue weighted by molar-refractivity contribution is -0.518. The van der Waals surface area contributed by atoms with Gasteiger partial charge in [-0.05, 0) is 22.0 Å². The molecule has 0 saturated heterocycles. The first kappa shape index (κ1) is 12.4. The van der Waals surface area contributed by atoms with Gasteiger partial charge < -0.3 is 0 Å². The van der Waals surface area contributed by atoms with E-state index >= 15 is 0 Å². The van der Waals surface area contributed by atoms with E-state index in [2.05, 4.69) is 23.2 Å². The molecule has 1 aromatic carbocycles. The Balaban J connectivity index is 1.97. The number of nitroso groups, excluding NO2 is 1. The summed E-state index contributed by atoms with van der Waals surface area (Å²) in [5.41, 5.74) is 3.42. The van der Waals surface area contributed by atoms with Gasteiger partial charge in [-0.1, -0.05) is 36.4 Å². The van der Waals surface area contributed by atoms with E-state index in [1.807, 2.05) is 30.5 Å². The van der Waals surface area contributed by atoms with Gasteiger partial charge >= 0.3 is 0 Å². The van der Waals surface area contributed by atoms with Crippen LogP contribution in [-0.2, 0) is 12.8 Å². The third-order valence-corrected chi connectivity index (χ3v) is 2.83. The summed E-state index contributed by atoms with van der Waals surface area (Å²) in [5, 5.41) is 0. The van der Waals surface area contributed by atoms with Crippen LogP contribution in [-0.4, -0.2) is 23.3 Å². The molecule has 0 spiro atoms. The number of rotatable bonds is 5. The van der Waals surface area contributed by atoms with Crippen molar-refractivity contribution >= 4 is 0 Å². The maximum atomic E-state index is 10.8. The van der Waals surface area contributed by atoms with Crippen molar-refractivity contribution in [2.45, 2.75) is 12.8 Å². The van der Waals surface area contributed by atoms with E-state index in [9.17, 15) is 4.91 Å². The number of hydrogen-bond donors (Lipinski definition) is 0. The average molecular weight is 241 g/mol. The van der Waals surface area contributed by atoms with Gasteiger partial charge in [0.15, 0.2) is 13.6 Å². The molecule has 0 fully saturated rings. The molecular weight excluding hydrogens is 224 g/mol. The van der Waals surface area contributed by atoms with Gasteiger partial charge in [-0.25, -0.2) is 0 Å². The van der Waals surface area contributed by atoms with Crippen LogP contribution in [0, 0.1) is 4.91 Å². The van der Waals surface area contributed by atoms with E-state index in [-0.39, 0.29) is 0 Å². The second-order valence-corrected chi connectivity index (χ2v) is 4.42. The molecule has 0 bridgehead atoms. The topological polar surface area (TPSA) is 33.0 Å². The summed E-state index contributed by atoms with van der Waals surface area (Å²) in [7, 11) is 1.54. The molecule has 0 amide bonds. The second-order valence-electron chi connectivity index (χ2n) is 4.42. The smallest absolute Gasteiger partial charge is 0.195 e. The number of likely N-dealkylation sites (N-methyl/N-ethyl adjacent to an activating group) is 1. The zero-order valence-electron chi connectivity index (χ0n) is 10.5. The lowest BCUT2D eigenvalue weighted by Crippen LogP contribution is -2.06. The van der Waals surface area contributed by atoms with Gasteiger partial charge in [0.05, 0.1) is 0 Å². The van der Waals surface area contributed by atoms with E-state index in [4.69, 9.17) is 0 Å². The summed E-state index contributed by atoms with van der Waals surface area (Å²) in [6, 6.07) is 14.4. The summed E-state index contributed by atoms with van der Waals surface area (Å²) >= 11 is 0. The molecule has 0 radical (unpaired) electrons. The molecule has 3 nitrogen and oxygen atoms in total. The number of benzene rings is 1. The first-order chi connectivity index (χ1) is 8.74. The molecule has 92 valence electrons. The van der Waals surface area contributed by atoms with E-state index in [0.29, 0.717) is 6.54 Å². The third-order valence-electron chi connectivity index (χ3n) is 2.83. The Hall–Kier alpha value is -2.03. The van der Waals surface area contributed by atoms with Crippen molar-refractivity contribution in [2.75, 3.05) is 13.6 Å². The SMILES string of the molecule is C[N+](=O)CCc1ccc(Cc2ccccc2)nc1. The summed E-state index contributed by atoms with van der Waals surface area (Å²) < 4.78 is 0.942. The minimum Gasteiger partial charge on any atom is -0.261 e. The van der Waals surface area contributed by atoms with Gasteiger partial charge in [0.1, 0.15) is 0 Å². The van der Waals surface area contributed by atoms with Crippen molar-refractivity contribution in [2.24, 2.45) is 0 Å². The zero-order valence-corrected chi connectivity index (χ0v) is 10.5. The van der Waals surface area contributed by atoms with Crippen LogP contribution >= 0.6 is 0 Å². The molecule has 0 unspecified atom stereocenters. The maximum Gasteiger partial charge on any atom is 0.195 e. The first-order valence-electron chi connectivity index (χ1n) is 6.10. The summed E-state index contributed by atoms with van der Waals surface area (Å²) in [6.07, 6.45) is 3.46. The minimum absolute atomic E-state index is 0.514. The van der Waals surface area contributed by atoms with Crippen molar-refractivity contribution in [3.8, 4) is 0 Å². The van der Waals surface area contributed by atoms with Crippen LogP contribution in [0.5, 0.6) is 0 Å². The monoisotopic (exact) mass is 241 g/mol. The number of pyridine rings is 1. The Morgan fingerprint density at radius 2 is 1.83 bits per heavy atom. The second kappa shape index (κ2) is 6.05. The maximum absolute atomic E-state index is 10.8. The summed E-state index contributed by atoms with van der Waals surface area (Å²) in [5.74, 6) is 0. The van der Waals surface area contributed by atoms with Crippen molar-refractivity contribution in [3.63, 3.8) is 0 Å². The average Bonchev–Trinajstić information content (AvgIpc) is 2.39. The quantitative estimate of drug-likeness (QED) is 0.754. The zero-order chi connectivity index (χ0) is 12.8. The van der Waals surface area contributed by atoms with Gasteiger partial charge in [-0.2, -0.15) is 0 Å². The minimum atomic E-state index is 0.514. The molecular formula is C15H17N2O+. The van der Waals surface area contributed by atoms with Crippen molar-refractivity contribution in [1.82, 2.24) is 4.98 Å². The van der Waals surface area contributed by atoms with Crippen molar-refractivity contribution in [3.05, 3.63) is 70.4 Å². The highest BCUT2D eigenvalue weighted by molar-refractivity contribution is 5.23. The fourth-order valence-electron chi connectivity index (χ4n) is 1.80. The Morgan fingerprint density at radius 3 is 2.44 bits per heavy atom. The van der Waals surface area contributed by atoms with Crippen LogP contribution in [0.3, 0.4) is 0 Å². The lowest BCUT2D eigenvalue weighted by Gasteiger charge is -2.02. The van der Waals surface area contributed by atoms with Crippen molar-refractivity contribution < 1.29 is 4.76 Å². The predicted octanol–water partition coefficient (Wildman–Crippen LogP) is 2.62. The van der Waals surface area contributed by atoms with Gasteiger partial charge in [-0.15, -0.1) is 0 Å². The van der Waals surface area contributed by atoms with Crippen molar-refractivity contribution in [1.29, 1.82) is 0 Å². The Kier molecular flexibility index (Phi) is 4.18. The first-order valence-corrected chi connectivity index (χ1v) is 6.10. The molecule has 3 heteroatoms. The van der Waals surface area contributed by atoms with Crippen LogP contribution in [0.2, 0.25) is 0 Å². The molecule has 1 heterocycles. The van der Waals surface area contributed by atoms with Gasteiger partial charge in [0, 0.05) is 29.6 Å². The molecule has 0 aliphatic rings. The van der Waals surface area contributed by atoms with Gasteiger partial charge in [0.2, 0.25) is 0 Å². The van der Waals surface area contributed by atoms with Crippen LogP contribution < -0.4 is 0 Å². The Bertz CT molecular complexity index is 506. The van der Waals surface area contributed by atoms with Gasteiger partial charge in [0.25, 0.3) is 0 Å². The van der Waals surface area contributed by atoms with Crippen LogP contribution in [0.1, 0.15) is 16.8 Å². The number of nitrogens with zero attached hydrogens (tertiary/aromatic N) is 2. The van der Waals surface area contributed by atoms with Crippen LogP contribution in [0.4, 0.5) is 0 Å². The molecule has 0 aliphatic carbocycles. The van der Waals surface area contributed by atoms with E-state index in [1.54, 1.807) is 0 Å². The van der Waals surface area contributed by atoms with Gasteiger partial charge in [-0.3, -0.25) is 4.98 Å². The molecule has 0 saturated carbocycles. The summed E-state index contributed by atoms with van der Waals surface area (Å²) in [6.45, 7) is 0.514. The molecule has 18 heavy (non-hydrogen) atoms. The Morgan fingerprint density at radius 1 is 1.06 bits per heavy atom. The molecule has 2 rings (SSSR count). The number of hydrogen-bond acceptors (Lipinski definition) is 2. The molecule has 0 N–H and O–H groups in total. The fourth-order valence-corrected chi connectivity index (χ4v) is 1.80. The largest absolute Gasteiger partial charge is 0.261 e. The molecule has 2 aromatic rings. The van der Waals surface area contributed by atoms with E-state index in [0.717, 1.165) is 28.9 Å². The number of aromatic nitrogens is 1. The molecule has 1 aromatic heterocycles. The molecule has 0 aliphatic heterocycles. The Labute approximate surface area is 107 Å². The standard InChI is InChI=1S/C15H17N2O/c1-17(18)10-9-14-7-8-15(16-12-14)11-13-5-3-2-4-6-13/h2-8,12H,9-11H2,1H3/q+1. The predicted molar refractivity (Wildman–Crippen MR) is 71.6 cm³/mol. The third kappa shape index (κ3) is 3.77. The van der Waals surface area contributed by atoms with E-state index in [1.165, 1.54) is 12.6 Å². The summed E-state index contributed by atoms with van der Waals surface area (Å²) in [4.78, 5) is 15.3. The highest BCUT2D eigenvalue weighted by atomic mass is 16.3. The lowest BCUT2D eigenvalue weighted by atomic mass is 10.1. The van der Waals surface area contributed by atoms with Crippen LogP contribution in [0.25, 0.3) is 0 Å². The van der Waals surface area contributed by atoms with Crippen LogP contribution in [0.15, 0.2) is 48.7 Å². The van der Waals surface area contributed by atoms with E-state index < -0.39 is 0 Å². The normalized spacial score (nSPS) is 10.3. The fraction of sp³-hybridized carbons (Fsp3) is 0.267. The highest BCUT2D eigenvalue weighted by Gasteiger charge is 2.02. The highest BCUT2D eigenvalue weighted by Crippen LogP contribution is 2.08. The molecule has 0 atom stereocenters.